The predicted octanol–water partition coefficient (Wildman–Crippen LogP) is 0.779. The van der Waals surface area contributed by atoms with Crippen molar-refractivity contribution in [3.8, 4) is 0 Å². The van der Waals surface area contributed by atoms with E-state index in [9.17, 15) is 19.2 Å². The lowest BCUT2D eigenvalue weighted by atomic mass is 10.1. The zero-order valence-corrected chi connectivity index (χ0v) is 13.7. The second kappa shape index (κ2) is 8.94. The minimum absolute atomic E-state index is 0.304. The average molecular weight is 339 g/mol. The van der Waals surface area contributed by atoms with Gasteiger partial charge in [0.15, 0.2) is 11.2 Å². The Bertz CT molecular complexity index is 589. The second-order valence-corrected chi connectivity index (χ2v) is 5.71. The topological polar surface area (TPSA) is 98.8 Å². The molecule has 0 bridgehead atoms. The van der Waals surface area contributed by atoms with Crippen molar-refractivity contribution in [1.82, 2.24) is 5.32 Å². The summed E-state index contributed by atoms with van der Waals surface area (Å²) in [5.41, 5.74) is 0.304. The third kappa shape index (κ3) is 5.41. The molecule has 1 aromatic rings. The number of ether oxygens (including phenoxy) is 2. The van der Waals surface area contributed by atoms with Gasteiger partial charge in [-0.05, 0) is 12.1 Å². The summed E-state index contributed by atoms with van der Waals surface area (Å²) in [6.45, 7) is 1.24. The Balaban J connectivity index is 3.06. The Labute approximate surface area is 137 Å². The quantitative estimate of drug-likeness (QED) is 0.765. The number of nitrogens with one attached hydrogen (secondary N) is 1. The molecule has 0 heterocycles. The monoisotopic (exact) mass is 339 g/mol. The molecule has 0 unspecified atom stereocenters. The summed E-state index contributed by atoms with van der Waals surface area (Å²) < 4.78 is 9.23. The zero-order chi connectivity index (χ0) is 17.4. The van der Waals surface area contributed by atoms with E-state index in [1.807, 2.05) is 0 Å². The standard InChI is InChI=1S/C15H17NO6S/c1-9(17)23-12(15(20)22-3)11(14(19)21-2)16-13(18)10-7-5-4-6-8-10/h4-8,11-12H,1-3H3,(H,16,18)/t11-,12-/m1/s1. The number of carbonyl (C=O) groups excluding carboxylic acids is 4. The highest BCUT2D eigenvalue weighted by molar-refractivity contribution is 8.14. The predicted molar refractivity (Wildman–Crippen MR) is 83.8 cm³/mol. The van der Waals surface area contributed by atoms with E-state index in [-0.39, 0.29) is 0 Å². The molecule has 0 aliphatic heterocycles. The molecular formula is C15H17NO6S. The van der Waals surface area contributed by atoms with Crippen LogP contribution in [0, 0.1) is 0 Å². The van der Waals surface area contributed by atoms with Crippen molar-refractivity contribution in [1.29, 1.82) is 0 Å². The van der Waals surface area contributed by atoms with E-state index >= 15 is 0 Å². The van der Waals surface area contributed by atoms with Gasteiger partial charge in [0, 0.05) is 12.5 Å². The first kappa shape index (κ1) is 18.7. The van der Waals surface area contributed by atoms with Crippen LogP contribution in [-0.4, -0.2) is 48.5 Å². The summed E-state index contributed by atoms with van der Waals surface area (Å²) in [6, 6.07) is 6.80. The van der Waals surface area contributed by atoms with Gasteiger partial charge in [-0.2, -0.15) is 0 Å². The number of hydrogen-bond donors (Lipinski definition) is 1. The maximum absolute atomic E-state index is 12.2. The van der Waals surface area contributed by atoms with Crippen molar-refractivity contribution in [3.63, 3.8) is 0 Å². The van der Waals surface area contributed by atoms with E-state index in [4.69, 9.17) is 0 Å². The lowest BCUT2D eigenvalue weighted by Gasteiger charge is -2.22. The Morgan fingerprint density at radius 1 is 1.00 bits per heavy atom. The van der Waals surface area contributed by atoms with Crippen LogP contribution in [-0.2, 0) is 23.9 Å². The SMILES string of the molecule is COC(=O)[C@H](NC(=O)c1ccccc1)[C@@H](SC(C)=O)C(=O)OC. The molecular weight excluding hydrogens is 322 g/mol. The van der Waals surface area contributed by atoms with E-state index in [0.29, 0.717) is 17.3 Å². The molecule has 1 aromatic carbocycles. The fraction of sp³-hybridized carbons (Fsp3) is 0.333. The summed E-state index contributed by atoms with van der Waals surface area (Å²) in [4.78, 5) is 47.4. The third-order valence-corrected chi connectivity index (χ3v) is 3.86. The van der Waals surface area contributed by atoms with Crippen molar-refractivity contribution in [2.24, 2.45) is 0 Å². The summed E-state index contributed by atoms with van der Waals surface area (Å²) in [5.74, 6) is -2.23. The minimum atomic E-state index is -1.35. The largest absolute Gasteiger partial charge is 0.468 e. The molecule has 0 aliphatic rings. The maximum atomic E-state index is 12.2. The molecule has 23 heavy (non-hydrogen) atoms. The Hall–Kier alpha value is -2.35. The number of carbonyl (C=O) groups is 4. The molecule has 124 valence electrons. The number of esters is 2. The van der Waals surface area contributed by atoms with Crippen LogP contribution in [0.3, 0.4) is 0 Å². The molecule has 0 saturated heterocycles. The van der Waals surface area contributed by atoms with Crippen LogP contribution in [0.2, 0.25) is 0 Å². The van der Waals surface area contributed by atoms with Crippen LogP contribution in [0.1, 0.15) is 17.3 Å². The van der Waals surface area contributed by atoms with Crippen LogP contribution in [0.4, 0.5) is 0 Å². The first-order valence-electron chi connectivity index (χ1n) is 6.59. The lowest BCUT2D eigenvalue weighted by Crippen LogP contribution is -2.51. The van der Waals surface area contributed by atoms with E-state index in [1.54, 1.807) is 30.3 Å². The van der Waals surface area contributed by atoms with E-state index in [1.165, 1.54) is 6.92 Å². The lowest BCUT2D eigenvalue weighted by molar-refractivity contribution is -0.148. The molecule has 0 aliphatic carbocycles. The Morgan fingerprint density at radius 3 is 2.04 bits per heavy atom. The molecule has 0 saturated carbocycles. The summed E-state index contributed by atoms with van der Waals surface area (Å²) in [6.07, 6.45) is 0. The fourth-order valence-corrected chi connectivity index (χ4v) is 2.61. The number of rotatable bonds is 6. The van der Waals surface area contributed by atoms with Crippen LogP contribution in [0.25, 0.3) is 0 Å². The van der Waals surface area contributed by atoms with Gasteiger partial charge in [-0.1, -0.05) is 30.0 Å². The van der Waals surface area contributed by atoms with Gasteiger partial charge in [0.25, 0.3) is 5.91 Å². The Morgan fingerprint density at radius 2 is 1.57 bits per heavy atom. The average Bonchev–Trinajstić information content (AvgIpc) is 2.56. The Kier molecular flexibility index (Phi) is 7.27. The second-order valence-electron chi connectivity index (χ2n) is 4.39. The van der Waals surface area contributed by atoms with E-state index in [2.05, 4.69) is 14.8 Å². The third-order valence-electron chi connectivity index (χ3n) is 2.81. The van der Waals surface area contributed by atoms with Gasteiger partial charge in [0.05, 0.1) is 14.2 Å². The van der Waals surface area contributed by atoms with Crippen LogP contribution in [0.15, 0.2) is 30.3 Å². The van der Waals surface area contributed by atoms with Gasteiger partial charge in [-0.15, -0.1) is 0 Å². The summed E-state index contributed by atoms with van der Waals surface area (Å²) >= 11 is 0.592. The van der Waals surface area contributed by atoms with Gasteiger partial charge in [0.2, 0.25) is 0 Å². The van der Waals surface area contributed by atoms with Crippen molar-refractivity contribution >= 4 is 34.7 Å². The van der Waals surface area contributed by atoms with E-state index in [0.717, 1.165) is 14.2 Å². The van der Waals surface area contributed by atoms with Crippen molar-refractivity contribution in [2.75, 3.05) is 14.2 Å². The van der Waals surface area contributed by atoms with Gasteiger partial charge in [-0.25, -0.2) is 4.79 Å². The molecule has 0 aromatic heterocycles. The van der Waals surface area contributed by atoms with Gasteiger partial charge in [-0.3, -0.25) is 14.4 Å². The molecule has 2 atom stereocenters. The maximum Gasteiger partial charge on any atom is 0.330 e. The number of hydrogen-bond acceptors (Lipinski definition) is 7. The van der Waals surface area contributed by atoms with Crippen LogP contribution in [0.5, 0.6) is 0 Å². The molecule has 7 nitrogen and oxygen atoms in total. The number of benzene rings is 1. The molecule has 1 rings (SSSR count). The highest BCUT2D eigenvalue weighted by Crippen LogP contribution is 2.19. The highest BCUT2D eigenvalue weighted by Gasteiger charge is 2.38. The van der Waals surface area contributed by atoms with Crippen LogP contribution >= 0.6 is 11.8 Å². The number of amides is 1. The fourth-order valence-electron chi connectivity index (χ4n) is 1.75. The van der Waals surface area contributed by atoms with Gasteiger partial charge in [0.1, 0.15) is 5.25 Å². The normalized spacial score (nSPS) is 12.7. The minimum Gasteiger partial charge on any atom is -0.468 e. The first-order chi connectivity index (χ1) is 10.9. The molecule has 1 N–H and O–H groups in total. The van der Waals surface area contributed by atoms with Gasteiger partial charge >= 0.3 is 11.9 Å². The smallest absolute Gasteiger partial charge is 0.330 e. The van der Waals surface area contributed by atoms with Crippen molar-refractivity contribution in [2.45, 2.75) is 18.2 Å². The molecule has 1 amide bonds. The van der Waals surface area contributed by atoms with E-state index < -0.39 is 34.3 Å². The highest BCUT2D eigenvalue weighted by atomic mass is 32.2. The molecule has 8 heteroatoms. The molecule has 0 spiro atoms. The van der Waals surface area contributed by atoms with Crippen molar-refractivity contribution in [3.05, 3.63) is 35.9 Å². The zero-order valence-electron chi connectivity index (χ0n) is 12.9. The van der Waals surface area contributed by atoms with Gasteiger partial charge < -0.3 is 14.8 Å². The summed E-state index contributed by atoms with van der Waals surface area (Å²) in [7, 11) is 2.25. The van der Waals surface area contributed by atoms with Crippen molar-refractivity contribution < 1.29 is 28.7 Å². The summed E-state index contributed by atoms with van der Waals surface area (Å²) in [5, 5.41) is 0.779. The molecule has 0 radical (unpaired) electrons. The first-order valence-corrected chi connectivity index (χ1v) is 7.47. The molecule has 0 fully saturated rings. The number of methoxy groups -OCH3 is 2. The van der Waals surface area contributed by atoms with Crippen LogP contribution < -0.4 is 5.32 Å². The number of thioether (sulfide) groups is 1.